The number of halogens is 1. The fourth-order valence-electron chi connectivity index (χ4n) is 2.11. The summed E-state index contributed by atoms with van der Waals surface area (Å²) in [6.07, 6.45) is 0.903. The first-order valence-electron chi connectivity index (χ1n) is 6.28. The Hall–Kier alpha value is -0.870. The van der Waals surface area contributed by atoms with E-state index in [1.807, 2.05) is 0 Å². The van der Waals surface area contributed by atoms with E-state index in [0.717, 1.165) is 16.6 Å². The van der Waals surface area contributed by atoms with Gasteiger partial charge in [0.25, 0.3) is 0 Å². The first-order valence-corrected chi connectivity index (χ1v) is 7.89. The second-order valence-electron chi connectivity index (χ2n) is 5.82. The largest absolute Gasteiger partial charge is 0.375 e. The van der Waals surface area contributed by atoms with Crippen molar-refractivity contribution in [3.05, 3.63) is 44.4 Å². The lowest BCUT2D eigenvalue weighted by atomic mass is 9.89. The molecule has 0 radical (unpaired) electrons. The zero-order valence-corrected chi connectivity index (χ0v) is 14.2. The molecular weight excluding hydrogens is 320 g/mol. The van der Waals surface area contributed by atoms with E-state index in [4.69, 9.17) is 5.73 Å². The highest BCUT2D eigenvalue weighted by atomic mass is 79.9. The zero-order valence-electron chi connectivity index (χ0n) is 11.7. The first kappa shape index (κ1) is 14.5. The van der Waals surface area contributed by atoms with Gasteiger partial charge in [-0.3, -0.25) is 0 Å². The normalized spacial score (nSPS) is 11.8. The third-order valence-corrected chi connectivity index (χ3v) is 4.46. The minimum Gasteiger partial charge on any atom is -0.375 e. The molecule has 2 aromatic rings. The number of anilines is 1. The molecule has 4 heteroatoms. The lowest BCUT2D eigenvalue weighted by Gasteiger charge is -2.18. The second kappa shape index (κ2) is 5.25. The molecule has 0 fully saturated rings. The van der Waals surface area contributed by atoms with Crippen molar-refractivity contribution in [1.82, 2.24) is 4.98 Å². The van der Waals surface area contributed by atoms with E-state index in [2.05, 4.69) is 66.8 Å². The third kappa shape index (κ3) is 3.37. The molecule has 2 N–H and O–H groups in total. The zero-order chi connectivity index (χ0) is 14.2. The van der Waals surface area contributed by atoms with Crippen LogP contribution in [0, 0.1) is 6.92 Å². The van der Waals surface area contributed by atoms with Gasteiger partial charge < -0.3 is 5.73 Å². The van der Waals surface area contributed by atoms with E-state index in [1.54, 1.807) is 11.3 Å². The number of benzene rings is 1. The highest BCUT2D eigenvalue weighted by molar-refractivity contribution is 9.10. The summed E-state index contributed by atoms with van der Waals surface area (Å²) in [5.74, 6) is 0. The van der Waals surface area contributed by atoms with E-state index in [-0.39, 0.29) is 5.41 Å². The number of rotatable bonds is 2. The highest BCUT2D eigenvalue weighted by Gasteiger charge is 2.22. The van der Waals surface area contributed by atoms with Gasteiger partial charge in [-0.2, -0.15) is 0 Å². The highest BCUT2D eigenvalue weighted by Crippen LogP contribution is 2.33. The van der Waals surface area contributed by atoms with Gasteiger partial charge in [0.15, 0.2) is 5.13 Å². The van der Waals surface area contributed by atoms with Crippen molar-refractivity contribution < 1.29 is 0 Å². The lowest BCUT2D eigenvalue weighted by Crippen LogP contribution is -2.14. The standard InChI is InChI=1S/C15H19BrN2S/c1-9-7-11(16)6-5-10(9)8-12-13(15(2,3)4)18-14(17)19-12/h5-7H,8H2,1-4H3,(H2,17,18). The van der Waals surface area contributed by atoms with Crippen LogP contribution in [0.4, 0.5) is 5.13 Å². The molecule has 1 aromatic heterocycles. The van der Waals surface area contributed by atoms with Gasteiger partial charge in [0.1, 0.15) is 0 Å². The van der Waals surface area contributed by atoms with Gasteiger partial charge in [0.05, 0.1) is 5.69 Å². The summed E-state index contributed by atoms with van der Waals surface area (Å²) in [5.41, 5.74) is 9.67. The molecule has 0 aliphatic heterocycles. The van der Waals surface area contributed by atoms with E-state index in [1.165, 1.54) is 16.0 Å². The summed E-state index contributed by atoms with van der Waals surface area (Å²) in [4.78, 5) is 5.79. The van der Waals surface area contributed by atoms with Gasteiger partial charge in [0, 0.05) is 21.2 Å². The van der Waals surface area contributed by atoms with Crippen LogP contribution in [0.1, 0.15) is 42.5 Å². The fourth-order valence-corrected chi connectivity index (χ4v) is 3.65. The smallest absolute Gasteiger partial charge is 0.180 e. The molecule has 0 saturated heterocycles. The van der Waals surface area contributed by atoms with Crippen molar-refractivity contribution in [2.75, 3.05) is 5.73 Å². The number of hydrogen-bond acceptors (Lipinski definition) is 3. The fraction of sp³-hybridized carbons (Fsp3) is 0.400. The maximum atomic E-state index is 5.89. The molecule has 0 aliphatic carbocycles. The predicted octanol–water partition coefficient (Wildman–Crippen LogP) is 4.68. The molecule has 1 heterocycles. The molecule has 0 spiro atoms. The van der Waals surface area contributed by atoms with Crippen molar-refractivity contribution in [3.63, 3.8) is 0 Å². The van der Waals surface area contributed by atoms with Gasteiger partial charge in [0.2, 0.25) is 0 Å². The molecule has 1 aromatic carbocycles. The summed E-state index contributed by atoms with van der Waals surface area (Å²) >= 11 is 5.11. The van der Waals surface area contributed by atoms with E-state index in [9.17, 15) is 0 Å². The van der Waals surface area contributed by atoms with Gasteiger partial charge in [-0.25, -0.2) is 4.98 Å². The third-order valence-electron chi connectivity index (χ3n) is 3.08. The van der Waals surface area contributed by atoms with Crippen LogP contribution in [0.5, 0.6) is 0 Å². The topological polar surface area (TPSA) is 38.9 Å². The monoisotopic (exact) mass is 338 g/mol. The van der Waals surface area contributed by atoms with E-state index < -0.39 is 0 Å². The molecule has 0 aliphatic rings. The average molecular weight is 339 g/mol. The van der Waals surface area contributed by atoms with Crippen LogP contribution in [0.25, 0.3) is 0 Å². The Bertz CT molecular complexity index is 597. The van der Waals surface area contributed by atoms with Gasteiger partial charge in [-0.05, 0) is 30.2 Å². The first-order chi connectivity index (χ1) is 8.77. The summed E-state index contributed by atoms with van der Waals surface area (Å²) in [5, 5.41) is 0.662. The van der Waals surface area contributed by atoms with Gasteiger partial charge in [-0.1, -0.05) is 42.8 Å². The summed E-state index contributed by atoms with van der Waals surface area (Å²) < 4.78 is 1.12. The van der Waals surface area contributed by atoms with Crippen LogP contribution >= 0.6 is 27.3 Å². The average Bonchev–Trinajstić information content (AvgIpc) is 2.63. The van der Waals surface area contributed by atoms with Crippen molar-refractivity contribution in [1.29, 1.82) is 0 Å². The van der Waals surface area contributed by atoms with Crippen LogP contribution in [0.2, 0.25) is 0 Å². The molecular formula is C15H19BrN2S. The molecule has 2 nitrogen and oxygen atoms in total. The summed E-state index contributed by atoms with van der Waals surface area (Å²) in [7, 11) is 0. The number of nitrogens with two attached hydrogens (primary N) is 1. The Morgan fingerprint density at radius 2 is 2.00 bits per heavy atom. The number of nitrogens with zero attached hydrogens (tertiary/aromatic N) is 1. The van der Waals surface area contributed by atoms with Crippen LogP contribution in [0.15, 0.2) is 22.7 Å². The predicted molar refractivity (Wildman–Crippen MR) is 86.9 cm³/mol. The molecule has 0 unspecified atom stereocenters. The van der Waals surface area contributed by atoms with E-state index >= 15 is 0 Å². The van der Waals surface area contributed by atoms with Gasteiger partial charge >= 0.3 is 0 Å². The number of aromatic nitrogens is 1. The summed E-state index contributed by atoms with van der Waals surface area (Å²) in [6, 6.07) is 6.40. The number of nitrogen functional groups attached to an aromatic ring is 1. The van der Waals surface area contributed by atoms with E-state index in [0.29, 0.717) is 5.13 Å². The van der Waals surface area contributed by atoms with Gasteiger partial charge in [-0.15, -0.1) is 11.3 Å². The molecule has 19 heavy (non-hydrogen) atoms. The number of thiazole rings is 1. The Morgan fingerprint density at radius 1 is 1.32 bits per heavy atom. The van der Waals surface area contributed by atoms with Crippen molar-refractivity contribution >= 4 is 32.4 Å². The minimum absolute atomic E-state index is 0.0344. The van der Waals surface area contributed by atoms with Crippen LogP contribution in [-0.2, 0) is 11.8 Å². The number of aryl methyl sites for hydroxylation is 1. The Morgan fingerprint density at radius 3 is 2.58 bits per heavy atom. The molecule has 102 valence electrons. The maximum absolute atomic E-state index is 5.89. The number of hydrogen-bond donors (Lipinski definition) is 1. The van der Waals surface area contributed by atoms with Crippen molar-refractivity contribution in [2.45, 2.75) is 39.5 Å². The second-order valence-corrected chi connectivity index (χ2v) is 7.85. The van der Waals surface area contributed by atoms with Crippen LogP contribution in [0.3, 0.4) is 0 Å². The van der Waals surface area contributed by atoms with Crippen molar-refractivity contribution in [2.24, 2.45) is 0 Å². The molecule has 0 saturated carbocycles. The Labute approximate surface area is 127 Å². The quantitative estimate of drug-likeness (QED) is 0.862. The molecule has 2 rings (SSSR count). The molecule has 0 atom stereocenters. The molecule has 0 bridgehead atoms. The summed E-state index contributed by atoms with van der Waals surface area (Å²) in [6.45, 7) is 8.68. The maximum Gasteiger partial charge on any atom is 0.180 e. The SMILES string of the molecule is Cc1cc(Br)ccc1Cc1sc(N)nc1C(C)(C)C. The lowest BCUT2D eigenvalue weighted by molar-refractivity contribution is 0.568. The Balaban J connectivity index is 2.38. The van der Waals surface area contributed by atoms with Crippen LogP contribution < -0.4 is 5.73 Å². The Kier molecular flexibility index (Phi) is 4.02. The minimum atomic E-state index is 0.0344. The van der Waals surface area contributed by atoms with Crippen molar-refractivity contribution in [3.8, 4) is 0 Å². The molecule has 0 amide bonds. The van der Waals surface area contributed by atoms with Crippen LogP contribution in [-0.4, -0.2) is 4.98 Å².